The molecule has 1 aliphatic rings. The summed E-state index contributed by atoms with van der Waals surface area (Å²) in [5, 5.41) is 5.44. The minimum Gasteiger partial charge on any atom is -0.301 e. The molecule has 0 unspecified atom stereocenters. The number of thiocarbonyl (C=S) groups is 1. The second kappa shape index (κ2) is 2.64. The predicted octanol–water partition coefficient (Wildman–Crippen LogP) is 0.649. The monoisotopic (exact) mass is 133 g/mol. The largest absolute Gasteiger partial charge is 0.301 e. The molecule has 1 fully saturated rings. The van der Waals surface area contributed by atoms with E-state index in [2.05, 4.69) is 5.32 Å². The van der Waals surface area contributed by atoms with E-state index in [0.29, 0.717) is 5.37 Å². The lowest BCUT2D eigenvalue weighted by molar-refractivity contribution is 0.839. The molecule has 0 saturated carbocycles. The highest BCUT2D eigenvalue weighted by molar-refractivity contribution is 8.01. The van der Waals surface area contributed by atoms with Gasteiger partial charge in [-0.05, 0) is 0 Å². The highest BCUT2D eigenvalue weighted by Gasteiger charge is 2.09. The van der Waals surface area contributed by atoms with Gasteiger partial charge in [0, 0.05) is 17.7 Å². The first kappa shape index (κ1) is 5.54. The van der Waals surface area contributed by atoms with Crippen molar-refractivity contribution in [3.05, 3.63) is 0 Å². The van der Waals surface area contributed by atoms with Gasteiger partial charge in [-0.1, -0.05) is 12.2 Å². The van der Waals surface area contributed by atoms with Crippen LogP contribution in [0.3, 0.4) is 0 Å². The first-order valence-corrected chi connectivity index (χ1v) is 3.76. The number of rotatable bonds is 1. The van der Waals surface area contributed by atoms with E-state index in [0.717, 1.165) is 6.54 Å². The zero-order valence-electron chi connectivity index (χ0n) is 3.89. The molecule has 0 spiro atoms. The molecule has 0 aromatic carbocycles. The van der Waals surface area contributed by atoms with E-state index in [9.17, 15) is 0 Å². The quantitative estimate of drug-likeness (QED) is 0.527. The molecule has 1 aliphatic heterocycles. The van der Waals surface area contributed by atoms with E-state index in [1.54, 1.807) is 5.37 Å². The van der Waals surface area contributed by atoms with Crippen molar-refractivity contribution in [3.63, 3.8) is 0 Å². The Morgan fingerprint density at radius 1 is 1.86 bits per heavy atom. The second-order valence-electron chi connectivity index (χ2n) is 1.38. The molecule has 0 amide bonds. The molecular weight excluding hydrogens is 126 g/mol. The van der Waals surface area contributed by atoms with Gasteiger partial charge < -0.3 is 5.32 Å². The lowest BCUT2D eigenvalue weighted by Crippen LogP contribution is -2.19. The van der Waals surface area contributed by atoms with E-state index in [-0.39, 0.29) is 0 Å². The van der Waals surface area contributed by atoms with Crippen molar-refractivity contribution in [2.45, 2.75) is 5.37 Å². The fourth-order valence-electron chi connectivity index (χ4n) is 0.533. The van der Waals surface area contributed by atoms with Crippen LogP contribution in [0.2, 0.25) is 0 Å². The fraction of sp³-hybridized carbons (Fsp3) is 0.750. The van der Waals surface area contributed by atoms with Crippen LogP contribution < -0.4 is 5.32 Å². The van der Waals surface area contributed by atoms with Crippen LogP contribution >= 0.6 is 24.0 Å². The smallest absolute Gasteiger partial charge is 0.0823 e. The van der Waals surface area contributed by atoms with Gasteiger partial charge in [0.2, 0.25) is 0 Å². The van der Waals surface area contributed by atoms with E-state index >= 15 is 0 Å². The Kier molecular flexibility index (Phi) is 2.09. The average molecular weight is 133 g/mol. The summed E-state index contributed by atoms with van der Waals surface area (Å²) in [5.41, 5.74) is 0. The molecule has 1 N–H and O–H groups in total. The zero-order valence-corrected chi connectivity index (χ0v) is 5.52. The van der Waals surface area contributed by atoms with Gasteiger partial charge >= 0.3 is 0 Å². The maximum atomic E-state index is 4.70. The normalized spacial score (nSPS) is 30.6. The average Bonchev–Trinajstić information content (AvgIpc) is 2.14. The number of hydrogen-bond acceptors (Lipinski definition) is 3. The van der Waals surface area contributed by atoms with Crippen LogP contribution in [-0.4, -0.2) is 23.0 Å². The summed E-state index contributed by atoms with van der Waals surface area (Å²) in [6, 6.07) is 0. The lowest BCUT2D eigenvalue weighted by atomic mass is 10.7. The molecule has 7 heavy (non-hydrogen) atoms. The Balaban J connectivity index is 2.26. The molecule has 1 rings (SSSR count). The third-order valence-electron chi connectivity index (χ3n) is 0.869. The van der Waals surface area contributed by atoms with Crippen molar-refractivity contribution in [3.8, 4) is 0 Å². The van der Waals surface area contributed by atoms with Gasteiger partial charge in [-0.25, -0.2) is 0 Å². The Labute approximate surface area is 52.9 Å². The van der Waals surface area contributed by atoms with Gasteiger partial charge in [-0.15, -0.1) is 11.8 Å². The molecule has 1 nitrogen and oxygen atoms in total. The molecule has 40 valence electrons. The highest BCUT2D eigenvalue weighted by Crippen LogP contribution is 2.10. The minimum atomic E-state index is 0.454. The first-order chi connectivity index (χ1) is 3.43. The van der Waals surface area contributed by atoms with Crippen molar-refractivity contribution in [1.82, 2.24) is 5.32 Å². The van der Waals surface area contributed by atoms with Crippen molar-refractivity contribution in [2.24, 2.45) is 0 Å². The lowest BCUT2D eigenvalue weighted by Gasteiger charge is -1.95. The summed E-state index contributed by atoms with van der Waals surface area (Å²) < 4.78 is 0. The first-order valence-electron chi connectivity index (χ1n) is 2.24. The van der Waals surface area contributed by atoms with Crippen LogP contribution in [0.5, 0.6) is 0 Å². The predicted molar refractivity (Wildman–Crippen MR) is 37.9 cm³/mol. The Hall–Kier alpha value is 0.400. The van der Waals surface area contributed by atoms with Crippen LogP contribution in [0.15, 0.2) is 0 Å². The third-order valence-corrected chi connectivity index (χ3v) is 2.41. The van der Waals surface area contributed by atoms with E-state index < -0.39 is 0 Å². The summed E-state index contributed by atoms with van der Waals surface area (Å²) in [5.74, 6) is 1.21. The van der Waals surface area contributed by atoms with Gasteiger partial charge in [0.05, 0.1) is 5.37 Å². The van der Waals surface area contributed by atoms with Crippen LogP contribution in [0, 0.1) is 0 Å². The summed E-state index contributed by atoms with van der Waals surface area (Å²) >= 11 is 6.57. The molecule has 0 aromatic rings. The van der Waals surface area contributed by atoms with Gasteiger partial charge in [0.25, 0.3) is 0 Å². The topological polar surface area (TPSA) is 12.0 Å². The van der Waals surface area contributed by atoms with Gasteiger partial charge in [-0.2, -0.15) is 0 Å². The molecule has 1 saturated heterocycles. The Bertz CT molecular complexity index is 68.1. The number of hydrogen-bond donors (Lipinski definition) is 1. The fourth-order valence-corrected chi connectivity index (χ4v) is 1.67. The van der Waals surface area contributed by atoms with Crippen molar-refractivity contribution >= 4 is 29.3 Å². The number of thioether (sulfide) groups is 1. The van der Waals surface area contributed by atoms with Crippen molar-refractivity contribution in [1.29, 1.82) is 0 Å². The third kappa shape index (κ3) is 1.40. The number of nitrogens with one attached hydrogen (secondary N) is 1. The molecular formula is C4H7NS2. The van der Waals surface area contributed by atoms with E-state index in [4.69, 9.17) is 12.2 Å². The zero-order chi connectivity index (χ0) is 5.11. The van der Waals surface area contributed by atoms with Crippen LogP contribution in [0.1, 0.15) is 0 Å². The maximum absolute atomic E-state index is 4.70. The standard InChI is InChI=1S/C4H7NS2/c6-3-4-5-1-2-7-4/h3-5H,1-2H2/t4-/m0/s1. The van der Waals surface area contributed by atoms with Crippen molar-refractivity contribution < 1.29 is 0 Å². The molecule has 0 aliphatic carbocycles. The summed E-state index contributed by atoms with van der Waals surface area (Å²) in [4.78, 5) is 0. The molecule has 0 aromatic heterocycles. The summed E-state index contributed by atoms with van der Waals surface area (Å²) in [6.07, 6.45) is 0. The SMILES string of the molecule is S=C[C@H]1NCCS1. The van der Waals surface area contributed by atoms with Gasteiger partial charge in [-0.3, -0.25) is 0 Å². The summed E-state index contributed by atoms with van der Waals surface area (Å²) in [6.45, 7) is 1.11. The molecule has 3 heteroatoms. The van der Waals surface area contributed by atoms with Gasteiger partial charge in [0.15, 0.2) is 0 Å². The molecule has 0 bridgehead atoms. The van der Waals surface area contributed by atoms with E-state index in [1.807, 2.05) is 11.8 Å². The second-order valence-corrected chi connectivity index (χ2v) is 2.90. The van der Waals surface area contributed by atoms with Crippen molar-refractivity contribution in [2.75, 3.05) is 12.3 Å². The van der Waals surface area contributed by atoms with Gasteiger partial charge in [0.1, 0.15) is 0 Å². The van der Waals surface area contributed by atoms with Crippen LogP contribution in [0.4, 0.5) is 0 Å². The maximum Gasteiger partial charge on any atom is 0.0823 e. The van der Waals surface area contributed by atoms with Crippen LogP contribution in [-0.2, 0) is 0 Å². The Morgan fingerprint density at radius 2 is 2.71 bits per heavy atom. The van der Waals surface area contributed by atoms with Crippen LogP contribution in [0.25, 0.3) is 0 Å². The summed E-state index contributed by atoms with van der Waals surface area (Å²) in [7, 11) is 0. The molecule has 1 heterocycles. The van der Waals surface area contributed by atoms with E-state index in [1.165, 1.54) is 5.75 Å². The molecule has 0 radical (unpaired) electrons. The molecule has 1 atom stereocenters. The Morgan fingerprint density at radius 3 is 3.00 bits per heavy atom. The minimum absolute atomic E-state index is 0.454. The highest BCUT2D eigenvalue weighted by atomic mass is 32.2.